The van der Waals surface area contributed by atoms with Gasteiger partial charge in [-0.05, 0) is 98.6 Å². The van der Waals surface area contributed by atoms with Crippen molar-refractivity contribution in [1.29, 1.82) is 0 Å². The second-order valence-electron chi connectivity index (χ2n) is 16.5. The molecule has 0 unspecified atom stereocenters. The van der Waals surface area contributed by atoms with Crippen LogP contribution in [0.1, 0.15) is 49.9 Å². The third kappa shape index (κ3) is 4.50. The van der Waals surface area contributed by atoms with Gasteiger partial charge in [0, 0.05) is 38.5 Å². The van der Waals surface area contributed by atoms with Crippen LogP contribution in [-0.4, -0.2) is 4.57 Å². The Bertz CT molecular complexity index is 3030. The summed E-state index contributed by atoms with van der Waals surface area (Å²) >= 11 is 0. The summed E-state index contributed by atoms with van der Waals surface area (Å²) in [6.07, 6.45) is 0. The molecule has 0 spiro atoms. The van der Waals surface area contributed by atoms with E-state index in [0.717, 1.165) is 17.1 Å². The van der Waals surface area contributed by atoms with Gasteiger partial charge < -0.3 is 9.47 Å². The zero-order valence-electron chi connectivity index (χ0n) is 32.2. The predicted molar refractivity (Wildman–Crippen MR) is 236 cm³/mol. The molecule has 1 aromatic heterocycles. The zero-order valence-corrected chi connectivity index (χ0v) is 32.2. The van der Waals surface area contributed by atoms with Gasteiger partial charge in [-0.1, -0.05) is 161 Å². The van der Waals surface area contributed by atoms with Crippen molar-refractivity contribution in [2.45, 2.75) is 38.5 Å². The average molecular weight is 719 g/mol. The van der Waals surface area contributed by atoms with Crippen molar-refractivity contribution in [2.75, 3.05) is 4.90 Å². The predicted octanol–water partition coefficient (Wildman–Crippen LogP) is 14.5. The van der Waals surface area contributed by atoms with Gasteiger partial charge in [-0.25, -0.2) is 0 Å². The Kier molecular flexibility index (Phi) is 6.98. The molecule has 0 bridgehead atoms. The van der Waals surface area contributed by atoms with E-state index in [9.17, 15) is 0 Å². The highest BCUT2D eigenvalue weighted by atomic mass is 15.1. The highest BCUT2D eigenvalue weighted by Gasteiger charge is 2.40. The highest BCUT2D eigenvalue weighted by molar-refractivity contribution is 6.17. The number of fused-ring (bicyclic) bond motifs is 9. The lowest BCUT2D eigenvalue weighted by molar-refractivity contribution is 0.658. The topological polar surface area (TPSA) is 8.17 Å². The quantitative estimate of drug-likeness (QED) is 0.172. The van der Waals surface area contributed by atoms with Crippen LogP contribution in [0.25, 0.3) is 60.9 Å². The molecule has 9 aromatic rings. The molecule has 2 heteroatoms. The summed E-state index contributed by atoms with van der Waals surface area (Å²) in [5, 5.41) is 2.51. The molecular weight excluding hydrogens is 677 g/mol. The largest absolute Gasteiger partial charge is 0.310 e. The van der Waals surface area contributed by atoms with Gasteiger partial charge in [0.05, 0.1) is 22.4 Å². The number of rotatable bonds is 5. The molecule has 0 N–H and O–H groups in total. The molecule has 0 aliphatic heterocycles. The summed E-state index contributed by atoms with van der Waals surface area (Å²) < 4.78 is 2.42. The Hall–Kier alpha value is -6.64. The lowest BCUT2D eigenvalue weighted by Crippen LogP contribution is -2.21. The molecule has 56 heavy (non-hydrogen) atoms. The first-order valence-corrected chi connectivity index (χ1v) is 19.8. The molecule has 0 radical (unpaired) electrons. The van der Waals surface area contributed by atoms with Gasteiger partial charge in [-0.2, -0.15) is 0 Å². The van der Waals surface area contributed by atoms with E-state index in [-0.39, 0.29) is 10.8 Å². The summed E-state index contributed by atoms with van der Waals surface area (Å²) in [6.45, 7) is 9.55. The molecule has 11 rings (SSSR count). The van der Waals surface area contributed by atoms with Gasteiger partial charge in [-0.3, -0.25) is 0 Å². The van der Waals surface area contributed by atoms with Crippen molar-refractivity contribution < 1.29 is 0 Å². The SMILES string of the molecule is CC1(C)c2ccccc2-c2ccc(N(c3ccccc3-c3cccc4c3c3ccccc3n4-c3ccccc3)c3cccc4c3C(C)(C)c3ccccc3-4)cc21. The molecule has 268 valence electrons. The third-order valence-corrected chi connectivity index (χ3v) is 12.8. The zero-order chi connectivity index (χ0) is 37.8. The average Bonchev–Trinajstić information content (AvgIpc) is 3.79. The number of hydrogen-bond donors (Lipinski definition) is 0. The molecule has 0 atom stereocenters. The van der Waals surface area contributed by atoms with E-state index in [1.165, 1.54) is 83.1 Å². The molecule has 1 heterocycles. The lowest BCUT2D eigenvalue weighted by atomic mass is 9.80. The van der Waals surface area contributed by atoms with Gasteiger partial charge in [0.25, 0.3) is 0 Å². The van der Waals surface area contributed by atoms with E-state index >= 15 is 0 Å². The van der Waals surface area contributed by atoms with E-state index in [1.807, 2.05) is 0 Å². The molecular formula is C54H42N2. The molecule has 0 saturated heterocycles. The second kappa shape index (κ2) is 11.9. The lowest BCUT2D eigenvalue weighted by Gasteiger charge is -2.34. The number of benzene rings is 8. The van der Waals surface area contributed by atoms with Crippen molar-refractivity contribution in [3.05, 3.63) is 204 Å². The van der Waals surface area contributed by atoms with Crippen molar-refractivity contribution in [2.24, 2.45) is 0 Å². The van der Waals surface area contributed by atoms with E-state index in [4.69, 9.17) is 0 Å². The third-order valence-electron chi connectivity index (χ3n) is 12.8. The number of para-hydroxylation sites is 3. The first-order valence-electron chi connectivity index (χ1n) is 19.8. The van der Waals surface area contributed by atoms with E-state index in [2.05, 4.69) is 219 Å². The summed E-state index contributed by atoms with van der Waals surface area (Å²) in [5.74, 6) is 0. The fourth-order valence-electron chi connectivity index (χ4n) is 10.2. The molecule has 2 nitrogen and oxygen atoms in total. The Morgan fingerprint density at radius 1 is 0.393 bits per heavy atom. The Labute approximate surface area is 328 Å². The van der Waals surface area contributed by atoms with Crippen LogP contribution in [0.3, 0.4) is 0 Å². The smallest absolute Gasteiger partial charge is 0.0547 e. The first-order chi connectivity index (χ1) is 27.3. The van der Waals surface area contributed by atoms with E-state index < -0.39 is 0 Å². The van der Waals surface area contributed by atoms with Crippen LogP contribution in [0.15, 0.2) is 182 Å². The number of aromatic nitrogens is 1. The first kappa shape index (κ1) is 32.8. The normalized spacial score (nSPS) is 14.4. The van der Waals surface area contributed by atoms with E-state index in [1.54, 1.807) is 0 Å². The van der Waals surface area contributed by atoms with Crippen LogP contribution >= 0.6 is 0 Å². The molecule has 0 amide bonds. The summed E-state index contributed by atoms with van der Waals surface area (Å²) in [7, 11) is 0. The molecule has 2 aliphatic carbocycles. The monoisotopic (exact) mass is 718 g/mol. The maximum Gasteiger partial charge on any atom is 0.0547 e. The Morgan fingerprint density at radius 2 is 0.946 bits per heavy atom. The van der Waals surface area contributed by atoms with Crippen molar-refractivity contribution in [3.8, 4) is 39.1 Å². The molecule has 2 aliphatic rings. The minimum atomic E-state index is -0.203. The van der Waals surface area contributed by atoms with Crippen LogP contribution in [-0.2, 0) is 10.8 Å². The van der Waals surface area contributed by atoms with Gasteiger partial charge >= 0.3 is 0 Å². The fourth-order valence-corrected chi connectivity index (χ4v) is 10.2. The minimum absolute atomic E-state index is 0.133. The van der Waals surface area contributed by atoms with Gasteiger partial charge in [0.1, 0.15) is 0 Å². The second-order valence-corrected chi connectivity index (χ2v) is 16.5. The van der Waals surface area contributed by atoms with Crippen molar-refractivity contribution in [3.63, 3.8) is 0 Å². The fraction of sp³-hybridized carbons (Fsp3) is 0.111. The van der Waals surface area contributed by atoms with Crippen LogP contribution in [0.5, 0.6) is 0 Å². The van der Waals surface area contributed by atoms with Crippen LogP contribution in [0, 0.1) is 0 Å². The van der Waals surface area contributed by atoms with Crippen LogP contribution in [0.4, 0.5) is 17.1 Å². The maximum absolute atomic E-state index is 2.57. The molecule has 0 saturated carbocycles. The Morgan fingerprint density at radius 3 is 1.75 bits per heavy atom. The Balaban J connectivity index is 1.21. The summed E-state index contributed by atoms with van der Waals surface area (Å²) in [6, 6.07) is 67.5. The van der Waals surface area contributed by atoms with Crippen molar-refractivity contribution >= 4 is 38.9 Å². The minimum Gasteiger partial charge on any atom is -0.310 e. The van der Waals surface area contributed by atoms with Crippen molar-refractivity contribution in [1.82, 2.24) is 4.57 Å². The summed E-state index contributed by atoms with van der Waals surface area (Å²) in [4.78, 5) is 2.57. The van der Waals surface area contributed by atoms with Crippen LogP contribution in [0.2, 0.25) is 0 Å². The standard InChI is InChI=1S/C54H42N2/c1-53(2)44-26-12-8-20-37(44)39-33-32-36(34-46(39)53)56(50-31-17-25-42-38-21-9-13-27-45(38)54(3,4)52(42)50)47-28-14-10-22-40(47)41-24-16-30-49-51(41)43-23-11-15-29-48(43)55(49)35-18-6-5-7-19-35/h5-34H,1-4H3. The molecule has 0 fully saturated rings. The number of anilines is 3. The van der Waals surface area contributed by atoms with Gasteiger partial charge in [0.2, 0.25) is 0 Å². The summed E-state index contributed by atoms with van der Waals surface area (Å²) in [5.41, 5.74) is 20.0. The number of nitrogens with zero attached hydrogens (tertiary/aromatic N) is 2. The van der Waals surface area contributed by atoms with Crippen LogP contribution < -0.4 is 4.90 Å². The van der Waals surface area contributed by atoms with E-state index in [0.29, 0.717) is 0 Å². The van der Waals surface area contributed by atoms with Gasteiger partial charge in [-0.15, -0.1) is 0 Å². The highest BCUT2D eigenvalue weighted by Crippen LogP contribution is 2.57. The number of hydrogen-bond acceptors (Lipinski definition) is 1. The molecule has 8 aromatic carbocycles. The maximum atomic E-state index is 2.57. The van der Waals surface area contributed by atoms with Gasteiger partial charge in [0.15, 0.2) is 0 Å².